The monoisotopic (exact) mass is 267 g/mol. The summed E-state index contributed by atoms with van der Waals surface area (Å²) in [6, 6.07) is 0.749. The first kappa shape index (κ1) is 16.1. The zero-order valence-electron chi connectivity index (χ0n) is 13.2. The standard InChI is InChI=1S/C14H29N5/c1-7-19(11(2)9-17(4)5)14(12(3)15)13-8-16-18(6)10-13/h8,10-12,14H,7,9,15H2,1-6H3. The Morgan fingerprint density at radius 2 is 2.00 bits per heavy atom. The lowest BCUT2D eigenvalue weighted by atomic mass is 10.0. The molecule has 5 nitrogen and oxygen atoms in total. The molecule has 0 aliphatic carbocycles. The number of aromatic nitrogens is 2. The minimum Gasteiger partial charge on any atom is -0.326 e. The summed E-state index contributed by atoms with van der Waals surface area (Å²) in [5, 5.41) is 4.28. The molecule has 0 amide bonds. The van der Waals surface area contributed by atoms with Gasteiger partial charge in [0.1, 0.15) is 0 Å². The second-order valence-electron chi connectivity index (χ2n) is 5.69. The molecule has 0 bridgehead atoms. The molecule has 0 aliphatic heterocycles. The smallest absolute Gasteiger partial charge is 0.0538 e. The molecule has 2 N–H and O–H groups in total. The molecule has 1 aromatic rings. The van der Waals surface area contributed by atoms with Crippen LogP contribution in [0.25, 0.3) is 0 Å². The van der Waals surface area contributed by atoms with E-state index >= 15 is 0 Å². The summed E-state index contributed by atoms with van der Waals surface area (Å²) >= 11 is 0. The Labute approximate surface area is 117 Å². The van der Waals surface area contributed by atoms with Gasteiger partial charge >= 0.3 is 0 Å². The van der Waals surface area contributed by atoms with Crippen LogP contribution in [0.3, 0.4) is 0 Å². The number of hydrogen-bond acceptors (Lipinski definition) is 4. The third-order valence-corrected chi connectivity index (χ3v) is 3.48. The highest BCUT2D eigenvalue weighted by molar-refractivity contribution is 5.13. The number of nitrogens with two attached hydrogens (primary N) is 1. The van der Waals surface area contributed by atoms with Crippen molar-refractivity contribution in [3.05, 3.63) is 18.0 Å². The van der Waals surface area contributed by atoms with E-state index < -0.39 is 0 Å². The minimum absolute atomic E-state index is 0.0776. The Hall–Kier alpha value is -0.910. The Balaban J connectivity index is 2.95. The lowest BCUT2D eigenvalue weighted by molar-refractivity contribution is 0.114. The molecule has 0 radical (unpaired) electrons. The molecule has 19 heavy (non-hydrogen) atoms. The van der Waals surface area contributed by atoms with E-state index in [1.54, 1.807) is 0 Å². The first-order valence-corrected chi connectivity index (χ1v) is 7.01. The summed E-state index contributed by atoms with van der Waals surface area (Å²) in [4.78, 5) is 4.68. The van der Waals surface area contributed by atoms with Crippen molar-refractivity contribution in [2.24, 2.45) is 12.8 Å². The first-order chi connectivity index (χ1) is 8.86. The van der Waals surface area contributed by atoms with E-state index in [1.165, 1.54) is 5.56 Å². The van der Waals surface area contributed by atoms with Crippen LogP contribution in [0.15, 0.2) is 12.4 Å². The van der Waals surface area contributed by atoms with Gasteiger partial charge in [0.2, 0.25) is 0 Å². The number of nitrogens with zero attached hydrogens (tertiary/aromatic N) is 4. The fourth-order valence-electron chi connectivity index (χ4n) is 2.81. The van der Waals surface area contributed by atoms with Crippen molar-refractivity contribution in [3.8, 4) is 0 Å². The van der Waals surface area contributed by atoms with Crippen molar-refractivity contribution in [3.63, 3.8) is 0 Å². The molecule has 0 aromatic carbocycles. The van der Waals surface area contributed by atoms with Crippen molar-refractivity contribution in [2.45, 2.75) is 38.9 Å². The van der Waals surface area contributed by atoms with E-state index in [0.717, 1.165) is 13.1 Å². The van der Waals surface area contributed by atoms with E-state index in [2.05, 4.69) is 56.0 Å². The van der Waals surface area contributed by atoms with Crippen LogP contribution in [0.4, 0.5) is 0 Å². The summed E-state index contributed by atoms with van der Waals surface area (Å²) < 4.78 is 1.84. The second-order valence-corrected chi connectivity index (χ2v) is 5.69. The Bertz CT molecular complexity index is 372. The van der Waals surface area contributed by atoms with Gasteiger partial charge in [0.25, 0.3) is 0 Å². The molecule has 0 saturated carbocycles. The van der Waals surface area contributed by atoms with Crippen LogP contribution in [-0.2, 0) is 7.05 Å². The van der Waals surface area contributed by atoms with E-state index in [-0.39, 0.29) is 12.1 Å². The normalized spacial score (nSPS) is 16.9. The fraction of sp³-hybridized carbons (Fsp3) is 0.786. The van der Waals surface area contributed by atoms with Gasteiger partial charge in [0.05, 0.1) is 12.2 Å². The summed E-state index contributed by atoms with van der Waals surface area (Å²) in [5.74, 6) is 0. The molecule has 5 heteroatoms. The molecule has 0 aliphatic rings. The highest BCUT2D eigenvalue weighted by Crippen LogP contribution is 2.25. The van der Waals surface area contributed by atoms with Gasteiger partial charge < -0.3 is 10.6 Å². The molecule has 3 unspecified atom stereocenters. The lowest BCUT2D eigenvalue weighted by Crippen LogP contribution is -2.47. The van der Waals surface area contributed by atoms with Gasteiger partial charge in [0, 0.05) is 37.4 Å². The van der Waals surface area contributed by atoms with Crippen molar-refractivity contribution in [1.29, 1.82) is 0 Å². The number of rotatable bonds is 7. The highest BCUT2D eigenvalue weighted by Gasteiger charge is 2.27. The van der Waals surface area contributed by atoms with Gasteiger partial charge in [-0.25, -0.2) is 0 Å². The predicted molar refractivity (Wildman–Crippen MR) is 80.0 cm³/mol. The van der Waals surface area contributed by atoms with Crippen molar-refractivity contribution in [1.82, 2.24) is 19.6 Å². The third kappa shape index (κ3) is 4.30. The van der Waals surface area contributed by atoms with Crippen LogP contribution >= 0.6 is 0 Å². The number of aryl methyl sites for hydroxylation is 1. The maximum atomic E-state index is 6.23. The molecule has 0 saturated heterocycles. The highest BCUT2D eigenvalue weighted by atomic mass is 15.3. The lowest BCUT2D eigenvalue weighted by Gasteiger charge is -2.38. The summed E-state index contributed by atoms with van der Waals surface area (Å²) in [6.45, 7) is 8.53. The van der Waals surface area contributed by atoms with Crippen LogP contribution in [0, 0.1) is 0 Å². The maximum absolute atomic E-state index is 6.23. The molecular weight excluding hydrogens is 238 g/mol. The van der Waals surface area contributed by atoms with Crippen LogP contribution in [0.5, 0.6) is 0 Å². The Morgan fingerprint density at radius 3 is 2.37 bits per heavy atom. The summed E-state index contributed by atoms with van der Waals surface area (Å²) in [6.07, 6.45) is 4.00. The average molecular weight is 267 g/mol. The molecule has 1 aromatic heterocycles. The largest absolute Gasteiger partial charge is 0.326 e. The molecular formula is C14H29N5. The SMILES string of the molecule is CCN(C(C)CN(C)C)C(c1cnn(C)c1)C(C)N. The van der Waals surface area contributed by atoms with E-state index in [9.17, 15) is 0 Å². The van der Waals surface area contributed by atoms with Gasteiger partial charge in [0.15, 0.2) is 0 Å². The van der Waals surface area contributed by atoms with Crippen LogP contribution in [-0.4, -0.2) is 58.8 Å². The molecule has 0 fully saturated rings. The van der Waals surface area contributed by atoms with Crippen molar-refractivity contribution >= 4 is 0 Å². The van der Waals surface area contributed by atoms with E-state index in [4.69, 9.17) is 5.73 Å². The summed E-state index contributed by atoms with van der Waals surface area (Å²) in [5.41, 5.74) is 7.43. The topological polar surface area (TPSA) is 50.3 Å². The third-order valence-electron chi connectivity index (χ3n) is 3.48. The molecule has 0 spiro atoms. The molecule has 3 atom stereocenters. The minimum atomic E-state index is 0.0776. The van der Waals surface area contributed by atoms with E-state index in [0.29, 0.717) is 6.04 Å². The predicted octanol–water partition coefficient (Wildman–Crippen LogP) is 1.08. The van der Waals surface area contributed by atoms with Gasteiger partial charge in [-0.1, -0.05) is 6.92 Å². The fourth-order valence-corrected chi connectivity index (χ4v) is 2.81. The van der Waals surface area contributed by atoms with Crippen molar-refractivity contribution in [2.75, 3.05) is 27.2 Å². The second kappa shape index (κ2) is 7.03. The van der Waals surface area contributed by atoms with Gasteiger partial charge in [-0.3, -0.25) is 9.58 Å². The zero-order chi connectivity index (χ0) is 14.6. The first-order valence-electron chi connectivity index (χ1n) is 7.01. The molecule has 1 heterocycles. The summed E-state index contributed by atoms with van der Waals surface area (Å²) in [7, 11) is 6.16. The Morgan fingerprint density at radius 1 is 1.37 bits per heavy atom. The molecule has 110 valence electrons. The van der Waals surface area contributed by atoms with Gasteiger partial charge in [-0.15, -0.1) is 0 Å². The molecule has 1 rings (SSSR count). The number of likely N-dealkylation sites (N-methyl/N-ethyl adjacent to an activating group) is 2. The maximum Gasteiger partial charge on any atom is 0.0538 e. The number of hydrogen-bond donors (Lipinski definition) is 1. The zero-order valence-corrected chi connectivity index (χ0v) is 13.2. The van der Waals surface area contributed by atoms with Crippen LogP contribution in [0.2, 0.25) is 0 Å². The Kier molecular flexibility index (Phi) is 5.97. The average Bonchev–Trinajstić information content (AvgIpc) is 2.70. The quantitative estimate of drug-likeness (QED) is 0.803. The van der Waals surface area contributed by atoms with Crippen LogP contribution < -0.4 is 5.73 Å². The van der Waals surface area contributed by atoms with Crippen LogP contribution in [0.1, 0.15) is 32.4 Å². The van der Waals surface area contributed by atoms with Crippen molar-refractivity contribution < 1.29 is 0 Å². The van der Waals surface area contributed by atoms with Gasteiger partial charge in [-0.05, 0) is 34.5 Å². The van der Waals surface area contributed by atoms with Gasteiger partial charge in [-0.2, -0.15) is 5.10 Å². The van der Waals surface area contributed by atoms with E-state index in [1.807, 2.05) is 17.9 Å².